The van der Waals surface area contributed by atoms with E-state index in [9.17, 15) is 23.2 Å². The van der Waals surface area contributed by atoms with Crippen LogP contribution in [0.3, 0.4) is 0 Å². The van der Waals surface area contributed by atoms with Gasteiger partial charge in [-0.1, -0.05) is 27.7 Å². The van der Waals surface area contributed by atoms with Gasteiger partial charge >= 0.3 is 0 Å². The van der Waals surface area contributed by atoms with Crippen molar-refractivity contribution in [1.82, 2.24) is 15.1 Å². The number of ketones is 1. The van der Waals surface area contributed by atoms with Crippen LogP contribution in [0.25, 0.3) is 0 Å². The Hall–Kier alpha value is -2.59. The standard InChI is InChI=1S/C27H38F2N4O4/c1-5-27(3,4)23(26(36)33-15-19(24(28)29)22-21(33)20(34)16-37-22)30-25(35)17-7-9-18(10-8-17)32-13-11-31(6-2)12-14-32/h7-10,19,21-24H,5-6,11-16H2,1-4H3,(H,30,35)/t19-,21-,22-,23-/m1/s1. The highest BCUT2D eigenvalue weighted by molar-refractivity contribution is 5.99. The molecule has 0 aliphatic carbocycles. The molecular formula is C27H38F2N4O4. The SMILES string of the molecule is CCN1CCN(c2ccc(C(=O)N[C@H](C(=O)N3C[C@@H](C(F)F)[C@H]4OCC(=O)[C@H]43)C(C)(C)CC)cc2)CC1. The number of hydrogen-bond donors (Lipinski definition) is 1. The molecule has 0 saturated carbocycles. The van der Waals surface area contributed by atoms with Gasteiger partial charge in [-0.2, -0.15) is 0 Å². The fourth-order valence-electron chi connectivity index (χ4n) is 5.46. The summed E-state index contributed by atoms with van der Waals surface area (Å²) >= 11 is 0. The predicted molar refractivity (Wildman–Crippen MR) is 136 cm³/mol. The van der Waals surface area contributed by atoms with Crippen LogP contribution in [0.1, 0.15) is 44.5 Å². The zero-order valence-electron chi connectivity index (χ0n) is 22.1. The highest BCUT2D eigenvalue weighted by Crippen LogP contribution is 2.37. The Morgan fingerprint density at radius 3 is 2.32 bits per heavy atom. The Kier molecular flexibility index (Phi) is 8.18. The number of piperazine rings is 1. The summed E-state index contributed by atoms with van der Waals surface area (Å²) in [6.07, 6.45) is -3.17. The first-order valence-electron chi connectivity index (χ1n) is 13.2. The molecule has 0 spiro atoms. The summed E-state index contributed by atoms with van der Waals surface area (Å²) < 4.78 is 32.7. The number of halogens is 2. The number of Topliss-reactive ketones (excluding diaryl/α,β-unsaturated/α-hetero) is 1. The van der Waals surface area contributed by atoms with Gasteiger partial charge in [0.2, 0.25) is 12.3 Å². The van der Waals surface area contributed by atoms with Gasteiger partial charge in [-0.05, 0) is 42.6 Å². The van der Waals surface area contributed by atoms with Crippen LogP contribution in [-0.4, -0.2) is 97.9 Å². The number of rotatable bonds is 8. The Morgan fingerprint density at radius 2 is 1.76 bits per heavy atom. The number of benzene rings is 1. The van der Waals surface area contributed by atoms with Gasteiger partial charge in [0.25, 0.3) is 5.91 Å². The van der Waals surface area contributed by atoms with E-state index in [4.69, 9.17) is 4.74 Å². The van der Waals surface area contributed by atoms with Crippen molar-refractivity contribution in [3.05, 3.63) is 29.8 Å². The van der Waals surface area contributed by atoms with E-state index in [1.165, 1.54) is 4.90 Å². The summed E-state index contributed by atoms with van der Waals surface area (Å²) in [5, 5.41) is 2.86. The molecule has 3 heterocycles. The Bertz CT molecular complexity index is 995. The average molecular weight is 521 g/mol. The van der Waals surface area contributed by atoms with Crippen molar-refractivity contribution in [3.8, 4) is 0 Å². The summed E-state index contributed by atoms with van der Waals surface area (Å²) in [6.45, 7) is 12.0. The Morgan fingerprint density at radius 1 is 1.11 bits per heavy atom. The molecule has 3 aliphatic rings. The van der Waals surface area contributed by atoms with Crippen molar-refractivity contribution in [1.29, 1.82) is 0 Å². The quantitative estimate of drug-likeness (QED) is 0.567. The third kappa shape index (κ3) is 5.50. The lowest BCUT2D eigenvalue weighted by Gasteiger charge is -2.37. The fourth-order valence-corrected chi connectivity index (χ4v) is 5.46. The lowest BCUT2D eigenvalue weighted by Crippen LogP contribution is -2.57. The number of carbonyl (C=O) groups is 3. The number of likely N-dealkylation sites (tertiary alicyclic amines) is 1. The number of nitrogens with one attached hydrogen (secondary N) is 1. The highest BCUT2D eigenvalue weighted by Gasteiger charge is 2.56. The van der Waals surface area contributed by atoms with Crippen molar-refractivity contribution in [2.24, 2.45) is 11.3 Å². The van der Waals surface area contributed by atoms with Crippen LogP contribution in [0.2, 0.25) is 0 Å². The minimum atomic E-state index is -2.72. The van der Waals surface area contributed by atoms with Crippen LogP contribution in [0.15, 0.2) is 24.3 Å². The molecule has 37 heavy (non-hydrogen) atoms. The van der Waals surface area contributed by atoms with Gasteiger partial charge in [0.05, 0.1) is 12.0 Å². The Balaban J connectivity index is 1.50. The molecule has 0 bridgehead atoms. The molecule has 4 rings (SSSR count). The summed E-state index contributed by atoms with van der Waals surface area (Å²) in [5.41, 5.74) is 0.771. The number of ether oxygens (including phenoxy) is 1. The monoisotopic (exact) mass is 520 g/mol. The van der Waals surface area contributed by atoms with Gasteiger partial charge in [-0.25, -0.2) is 8.78 Å². The molecule has 1 aromatic carbocycles. The summed E-state index contributed by atoms with van der Waals surface area (Å²) in [5.74, 6) is -2.55. The molecule has 3 aliphatic heterocycles. The minimum Gasteiger partial charge on any atom is -0.369 e. The largest absolute Gasteiger partial charge is 0.369 e. The third-order valence-electron chi connectivity index (χ3n) is 8.36. The maximum atomic E-state index is 13.7. The Labute approximate surface area is 217 Å². The number of amides is 2. The van der Waals surface area contributed by atoms with Gasteiger partial charge in [0, 0.05) is 44.0 Å². The van der Waals surface area contributed by atoms with Crippen molar-refractivity contribution < 1.29 is 27.9 Å². The van der Waals surface area contributed by atoms with Gasteiger partial charge < -0.3 is 24.8 Å². The molecule has 3 saturated heterocycles. The first-order chi connectivity index (χ1) is 17.6. The second-order valence-electron chi connectivity index (χ2n) is 10.9. The molecule has 8 nitrogen and oxygen atoms in total. The topological polar surface area (TPSA) is 82.2 Å². The van der Waals surface area contributed by atoms with Crippen LogP contribution in [0.5, 0.6) is 0 Å². The number of hydrogen-bond acceptors (Lipinski definition) is 6. The maximum Gasteiger partial charge on any atom is 0.251 e. The molecule has 1 aromatic rings. The second kappa shape index (κ2) is 11.0. The zero-order valence-corrected chi connectivity index (χ0v) is 22.1. The number of nitrogens with zero attached hydrogens (tertiary/aromatic N) is 3. The second-order valence-corrected chi connectivity index (χ2v) is 10.9. The summed E-state index contributed by atoms with van der Waals surface area (Å²) in [7, 11) is 0. The van der Waals surface area contributed by atoms with Crippen molar-refractivity contribution in [2.45, 2.75) is 58.7 Å². The normalized spacial score (nSPS) is 25.5. The lowest BCUT2D eigenvalue weighted by molar-refractivity contribution is -0.140. The van der Waals surface area contributed by atoms with Gasteiger partial charge in [0.1, 0.15) is 18.7 Å². The van der Waals surface area contributed by atoms with E-state index in [1.807, 2.05) is 32.9 Å². The number of likely N-dealkylation sites (N-methyl/N-ethyl adjacent to an activating group) is 1. The van der Waals surface area contributed by atoms with Crippen molar-refractivity contribution in [2.75, 3.05) is 50.8 Å². The van der Waals surface area contributed by atoms with Gasteiger partial charge in [0.15, 0.2) is 5.78 Å². The molecule has 4 atom stereocenters. The molecule has 1 N–H and O–H groups in total. The van der Waals surface area contributed by atoms with Crippen LogP contribution >= 0.6 is 0 Å². The van der Waals surface area contributed by atoms with E-state index in [1.54, 1.807) is 12.1 Å². The minimum absolute atomic E-state index is 0.274. The van der Waals surface area contributed by atoms with E-state index in [0.29, 0.717) is 12.0 Å². The molecule has 3 fully saturated rings. The number of alkyl halides is 2. The van der Waals surface area contributed by atoms with E-state index in [2.05, 4.69) is 22.0 Å². The number of carbonyl (C=O) groups excluding carboxylic acids is 3. The summed E-state index contributed by atoms with van der Waals surface area (Å²) in [4.78, 5) is 45.3. The van der Waals surface area contributed by atoms with Crippen molar-refractivity contribution in [3.63, 3.8) is 0 Å². The van der Waals surface area contributed by atoms with E-state index < -0.39 is 47.8 Å². The van der Waals surface area contributed by atoms with Crippen LogP contribution < -0.4 is 10.2 Å². The first-order valence-corrected chi connectivity index (χ1v) is 13.2. The molecule has 10 heteroatoms. The lowest BCUT2D eigenvalue weighted by atomic mass is 9.80. The summed E-state index contributed by atoms with van der Waals surface area (Å²) in [6, 6.07) is 5.27. The van der Waals surface area contributed by atoms with Gasteiger partial charge in [-0.15, -0.1) is 0 Å². The molecule has 0 radical (unpaired) electrons. The predicted octanol–water partition coefficient (Wildman–Crippen LogP) is 2.42. The van der Waals surface area contributed by atoms with Crippen molar-refractivity contribution >= 4 is 23.3 Å². The van der Waals surface area contributed by atoms with Crippen LogP contribution in [0, 0.1) is 11.3 Å². The van der Waals surface area contributed by atoms with Gasteiger partial charge in [-0.3, -0.25) is 14.4 Å². The van der Waals surface area contributed by atoms with E-state index in [0.717, 1.165) is 38.4 Å². The van der Waals surface area contributed by atoms with Crippen LogP contribution in [0.4, 0.5) is 14.5 Å². The van der Waals surface area contributed by atoms with E-state index in [-0.39, 0.29) is 18.9 Å². The number of anilines is 1. The molecule has 0 aromatic heterocycles. The molecule has 204 valence electrons. The highest BCUT2D eigenvalue weighted by atomic mass is 19.3. The number of fused-ring (bicyclic) bond motifs is 1. The first kappa shape index (κ1) is 27.4. The maximum absolute atomic E-state index is 13.7. The fraction of sp³-hybridized carbons (Fsp3) is 0.667. The zero-order chi connectivity index (χ0) is 26.9. The third-order valence-corrected chi connectivity index (χ3v) is 8.36. The molecular weight excluding hydrogens is 482 g/mol. The average Bonchev–Trinajstić information content (AvgIpc) is 3.47. The molecule has 0 unspecified atom stereocenters. The van der Waals surface area contributed by atoms with Crippen LogP contribution in [-0.2, 0) is 14.3 Å². The van der Waals surface area contributed by atoms with E-state index >= 15 is 0 Å². The molecule has 2 amide bonds. The smallest absolute Gasteiger partial charge is 0.251 e.